The number of thioether (sulfide) groups is 1. The van der Waals surface area contributed by atoms with E-state index in [2.05, 4.69) is 9.97 Å². The number of halogens is 2. The summed E-state index contributed by atoms with van der Waals surface area (Å²) in [6.07, 6.45) is 1.53. The molecule has 1 aromatic heterocycles. The second kappa shape index (κ2) is 7.70. The van der Waals surface area contributed by atoms with Crippen LogP contribution in [0.25, 0.3) is 0 Å². The zero-order valence-corrected chi connectivity index (χ0v) is 15.8. The fraction of sp³-hybridized carbons (Fsp3) is 0.211. The van der Waals surface area contributed by atoms with Gasteiger partial charge in [-0.15, -0.1) is 11.8 Å². The first-order valence-corrected chi connectivity index (χ1v) is 9.68. The van der Waals surface area contributed by atoms with Gasteiger partial charge in [0.25, 0.3) is 0 Å². The highest BCUT2D eigenvalue weighted by Gasteiger charge is 2.29. The van der Waals surface area contributed by atoms with Crippen LogP contribution >= 0.6 is 23.4 Å². The Morgan fingerprint density at radius 3 is 2.48 bits per heavy atom. The summed E-state index contributed by atoms with van der Waals surface area (Å²) >= 11 is 7.57. The number of hydrogen-bond acceptors (Lipinski definition) is 5. The molecule has 1 saturated heterocycles. The van der Waals surface area contributed by atoms with E-state index in [1.54, 1.807) is 36.0 Å². The smallest absolute Gasteiger partial charge is 0.338 e. The quantitative estimate of drug-likeness (QED) is 0.654. The van der Waals surface area contributed by atoms with Crippen LogP contribution in [-0.2, 0) is 6.54 Å². The predicted molar refractivity (Wildman–Crippen MR) is 105 cm³/mol. The summed E-state index contributed by atoms with van der Waals surface area (Å²) in [5.41, 5.74) is 0.627. The minimum Gasteiger partial charge on any atom is -0.338 e. The highest BCUT2D eigenvalue weighted by Crippen LogP contribution is 2.31. The van der Waals surface area contributed by atoms with E-state index in [0.29, 0.717) is 22.8 Å². The van der Waals surface area contributed by atoms with Crippen molar-refractivity contribution in [1.29, 1.82) is 0 Å². The Kier molecular flexibility index (Phi) is 5.13. The van der Waals surface area contributed by atoms with E-state index in [1.807, 2.05) is 17.0 Å². The van der Waals surface area contributed by atoms with Gasteiger partial charge in [-0.1, -0.05) is 23.7 Å². The van der Waals surface area contributed by atoms with Gasteiger partial charge >= 0.3 is 5.69 Å². The summed E-state index contributed by atoms with van der Waals surface area (Å²) in [6.45, 7) is 1.91. The molecule has 1 aliphatic heterocycles. The monoisotopic (exact) mass is 402 g/mol. The van der Waals surface area contributed by atoms with E-state index in [9.17, 15) is 9.18 Å². The van der Waals surface area contributed by atoms with Crippen LogP contribution < -0.4 is 10.6 Å². The van der Waals surface area contributed by atoms with Gasteiger partial charge in [-0.2, -0.15) is 4.98 Å². The third kappa shape index (κ3) is 4.31. The molecule has 0 atom stereocenters. The Labute approximate surface area is 164 Å². The zero-order valence-electron chi connectivity index (χ0n) is 14.3. The van der Waals surface area contributed by atoms with Crippen molar-refractivity contribution in [3.05, 3.63) is 81.7 Å². The summed E-state index contributed by atoms with van der Waals surface area (Å²) in [6, 6.07) is 13.8. The molecule has 1 fully saturated rings. The zero-order chi connectivity index (χ0) is 18.8. The Morgan fingerprint density at radius 1 is 1.11 bits per heavy atom. The van der Waals surface area contributed by atoms with Crippen LogP contribution in [0.1, 0.15) is 5.56 Å². The first kappa shape index (κ1) is 18.0. The van der Waals surface area contributed by atoms with Crippen LogP contribution in [0.5, 0.6) is 0 Å². The molecule has 27 heavy (non-hydrogen) atoms. The first-order valence-electron chi connectivity index (χ1n) is 8.42. The van der Waals surface area contributed by atoms with Crippen LogP contribution in [-0.4, -0.2) is 32.9 Å². The highest BCUT2D eigenvalue weighted by molar-refractivity contribution is 8.00. The molecule has 2 heterocycles. The standard InChI is InChI=1S/C19H16ClFN4OS/c20-14-3-1-13(2-4-14)9-25-12-22-18(23-19(25)26)24-10-17(11-24)27-16-7-5-15(21)6-8-16/h1-8,12,17H,9-11H2. The molecule has 138 valence electrons. The number of rotatable bonds is 5. The molecule has 3 aromatic rings. The second-order valence-electron chi connectivity index (χ2n) is 6.29. The maximum absolute atomic E-state index is 13.0. The largest absolute Gasteiger partial charge is 0.352 e. The summed E-state index contributed by atoms with van der Waals surface area (Å²) in [5.74, 6) is 0.213. The number of aromatic nitrogens is 3. The molecule has 0 unspecified atom stereocenters. The van der Waals surface area contributed by atoms with Crippen molar-refractivity contribution < 1.29 is 4.39 Å². The summed E-state index contributed by atoms with van der Waals surface area (Å²) in [7, 11) is 0. The van der Waals surface area contributed by atoms with Crippen LogP contribution in [0.15, 0.2) is 64.5 Å². The Bertz CT molecular complexity index is 988. The van der Waals surface area contributed by atoms with Gasteiger partial charge in [0, 0.05) is 28.3 Å². The van der Waals surface area contributed by atoms with Crippen molar-refractivity contribution in [3.8, 4) is 0 Å². The lowest BCUT2D eigenvalue weighted by Gasteiger charge is -2.38. The van der Waals surface area contributed by atoms with E-state index < -0.39 is 0 Å². The molecule has 5 nitrogen and oxygen atoms in total. The number of hydrogen-bond donors (Lipinski definition) is 0. The van der Waals surface area contributed by atoms with Gasteiger partial charge in [0.15, 0.2) is 0 Å². The van der Waals surface area contributed by atoms with Gasteiger partial charge < -0.3 is 4.90 Å². The molecule has 8 heteroatoms. The Morgan fingerprint density at radius 2 is 1.81 bits per heavy atom. The third-order valence-corrected chi connectivity index (χ3v) is 5.70. The van der Waals surface area contributed by atoms with Crippen LogP contribution in [0, 0.1) is 5.82 Å². The topological polar surface area (TPSA) is 51.0 Å². The average molecular weight is 403 g/mol. The lowest BCUT2D eigenvalue weighted by molar-refractivity contribution is 0.599. The van der Waals surface area contributed by atoms with Crippen molar-refractivity contribution in [2.24, 2.45) is 0 Å². The van der Waals surface area contributed by atoms with E-state index in [4.69, 9.17) is 11.6 Å². The lowest BCUT2D eigenvalue weighted by Crippen LogP contribution is -2.50. The molecule has 0 spiro atoms. The Balaban J connectivity index is 1.36. The number of nitrogens with zero attached hydrogens (tertiary/aromatic N) is 4. The molecule has 2 aromatic carbocycles. The molecule has 0 radical (unpaired) electrons. The molecule has 0 aliphatic carbocycles. The van der Waals surface area contributed by atoms with Gasteiger partial charge in [0.05, 0.1) is 6.54 Å². The van der Waals surface area contributed by atoms with E-state index in [0.717, 1.165) is 23.5 Å². The van der Waals surface area contributed by atoms with Crippen molar-refractivity contribution in [2.45, 2.75) is 16.7 Å². The number of anilines is 1. The van der Waals surface area contributed by atoms with Gasteiger partial charge in [-0.3, -0.25) is 4.57 Å². The maximum atomic E-state index is 13.0. The van der Waals surface area contributed by atoms with Crippen molar-refractivity contribution in [1.82, 2.24) is 14.5 Å². The SMILES string of the molecule is O=c1nc(N2CC(Sc3ccc(F)cc3)C2)ncn1Cc1ccc(Cl)cc1. The first-order chi connectivity index (χ1) is 13.1. The molecule has 0 N–H and O–H groups in total. The van der Waals surface area contributed by atoms with Crippen molar-refractivity contribution >= 4 is 29.3 Å². The fourth-order valence-electron chi connectivity index (χ4n) is 2.78. The molecular weight excluding hydrogens is 387 g/mol. The van der Waals surface area contributed by atoms with Crippen LogP contribution in [0.2, 0.25) is 5.02 Å². The molecule has 0 saturated carbocycles. The minimum absolute atomic E-state index is 0.234. The van der Waals surface area contributed by atoms with Crippen molar-refractivity contribution in [3.63, 3.8) is 0 Å². The minimum atomic E-state index is -0.329. The Hall–Kier alpha value is -2.38. The van der Waals surface area contributed by atoms with E-state index in [-0.39, 0.29) is 11.5 Å². The molecular formula is C19H16ClFN4OS. The number of benzene rings is 2. The van der Waals surface area contributed by atoms with Crippen LogP contribution in [0.4, 0.5) is 10.3 Å². The molecule has 0 bridgehead atoms. The highest BCUT2D eigenvalue weighted by atomic mass is 35.5. The molecule has 4 rings (SSSR count). The maximum Gasteiger partial charge on any atom is 0.352 e. The van der Waals surface area contributed by atoms with Gasteiger partial charge in [0.2, 0.25) is 5.95 Å². The van der Waals surface area contributed by atoms with Crippen LogP contribution in [0.3, 0.4) is 0 Å². The third-order valence-electron chi connectivity index (χ3n) is 4.27. The summed E-state index contributed by atoms with van der Waals surface area (Å²) in [4.78, 5) is 23.7. The average Bonchev–Trinajstić information content (AvgIpc) is 2.63. The van der Waals surface area contributed by atoms with Gasteiger partial charge in [-0.25, -0.2) is 14.2 Å². The predicted octanol–water partition coefficient (Wildman–Crippen LogP) is 3.46. The van der Waals surface area contributed by atoms with Gasteiger partial charge in [0.1, 0.15) is 12.1 Å². The fourth-order valence-corrected chi connectivity index (χ4v) is 4.09. The van der Waals surface area contributed by atoms with E-state index in [1.165, 1.54) is 23.0 Å². The van der Waals surface area contributed by atoms with E-state index >= 15 is 0 Å². The lowest BCUT2D eigenvalue weighted by atomic mass is 10.2. The second-order valence-corrected chi connectivity index (χ2v) is 8.10. The van der Waals surface area contributed by atoms with Gasteiger partial charge in [-0.05, 0) is 42.0 Å². The van der Waals surface area contributed by atoms with Crippen molar-refractivity contribution in [2.75, 3.05) is 18.0 Å². The summed E-state index contributed by atoms with van der Waals surface area (Å²) in [5, 5.41) is 1.03. The molecule has 1 aliphatic rings. The molecule has 0 amide bonds. The summed E-state index contributed by atoms with van der Waals surface area (Å²) < 4.78 is 14.4. The normalized spacial score (nSPS) is 14.2.